The molecule has 0 aromatic rings. The highest BCUT2D eigenvalue weighted by molar-refractivity contribution is 5.88. The lowest BCUT2D eigenvalue weighted by atomic mass is 9.32. The third-order valence-corrected chi connectivity index (χ3v) is 18.1. The quantitative estimate of drug-likeness (QED) is 0.167. The first-order chi connectivity index (χ1) is 24.3. The molecule has 0 saturated heterocycles. The number of ether oxygens (including phenoxy) is 1. The van der Waals surface area contributed by atoms with Gasteiger partial charge in [-0.1, -0.05) is 74.8 Å². The number of hydrogen-bond acceptors (Lipinski definition) is 5. The third-order valence-electron chi connectivity index (χ3n) is 18.1. The highest BCUT2D eigenvalue weighted by Crippen LogP contribution is 2.77. The molecular formula is C45H71NO7. The fourth-order valence-electron chi connectivity index (χ4n) is 14.9. The Kier molecular flexibility index (Phi) is 9.75. The Balaban J connectivity index is 1.27. The highest BCUT2D eigenvalue weighted by atomic mass is 16.5. The lowest BCUT2D eigenvalue weighted by Gasteiger charge is -2.73. The molecule has 6 aliphatic carbocycles. The van der Waals surface area contributed by atoms with Crippen LogP contribution in [0.25, 0.3) is 0 Å². The fourth-order valence-corrected chi connectivity index (χ4v) is 14.9. The van der Waals surface area contributed by atoms with Crippen molar-refractivity contribution in [3.8, 4) is 0 Å². The van der Waals surface area contributed by atoms with Crippen LogP contribution in [0, 0.1) is 79.3 Å². The van der Waals surface area contributed by atoms with Crippen molar-refractivity contribution in [2.45, 2.75) is 165 Å². The van der Waals surface area contributed by atoms with E-state index < -0.39 is 40.1 Å². The Morgan fingerprint density at radius 2 is 1.45 bits per heavy atom. The van der Waals surface area contributed by atoms with E-state index in [0.717, 1.165) is 76.2 Å². The van der Waals surface area contributed by atoms with Gasteiger partial charge in [-0.3, -0.25) is 14.4 Å². The molecule has 8 nitrogen and oxygen atoms in total. The Bertz CT molecular complexity index is 1540. The maximum Gasteiger partial charge on any atom is 0.326 e. The second-order valence-corrected chi connectivity index (χ2v) is 22.2. The number of rotatable bonds is 8. The number of carboxylic acids is 2. The van der Waals surface area contributed by atoms with Crippen LogP contribution in [0.2, 0.25) is 0 Å². The number of carbonyl (C=O) groups excluding carboxylic acids is 2. The van der Waals surface area contributed by atoms with Crippen LogP contribution in [0.4, 0.5) is 0 Å². The number of fused-ring (bicyclic) bond motifs is 7. The Labute approximate surface area is 319 Å². The molecule has 13 unspecified atom stereocenters. The van der Waals surface area contributed by atoms with Crippen LogP contribution in [-0.2, 0) is 23.9 Å². The standard InChI is InChI=1S/C45H71NO7/c1-25(2)23-26-15-20-45(38(52)46-34(36(49)50)39(3,4)5)22-21-43(11)27(33(26)45)13-14-31-42(10)18-17-32(41(8,9)30(42)16-19-44(31,43)12)53-37(51)29-24-28(35(47)48)40(29,6)7/h26-34H,1,13-24H2,2-12H3,(H,46,52)(H,47,48)(H,49,50). The van der Waals surface area contributed by atoms with Crippen molar-refractivity contribution in [2.24, 2.45) is 79.3 Å². The van der Waals surface area contributed by atoms with Gasteiger partial charge in [-0.05, 0) is 141 Å². The van der Waals surface area contributed by atoms with E-state index in [2.05, 4.69) is 53.4 Å². The number of amides is 1. The van der Waals surface area contributed by atoms with Crippen molar-refractivity contribution in [3.05, 3.63) is 12.2 Å². The molecule has 0 radical (unpaired) electrons. The number of nitrogens with one attached hydrogen (secondary N) is 1. The van der Waals surface area contributed by atoms with Gasteiger partial charge < -0.3 is 20.3 Å². The summed E-state index contributed by atoms with van der Waals surface area (Å²) in [6, 6.07) is -0.943. The second-order valence-electron chi connectivity index (χ2n) is 22.2. The molecule has 0 bridgehead atoms. The van der Waals surface area contributed by atoms with Gasteiger partial charge in [0.05, 0.1) is 17.3 Å². The van der Waals surface area contributed by atoms with Gasteiger partial charge in [0, 0.05) is 5.41 Å². The lowest BCUT2D eigenvalue weighted by molar-refractivity contribution is -0.251. The molecule has 0 spiro atoms. The third kappa shape index (κ3) is 5.86. The molecule has 8 heteroatoms. The predicted octanol–water partition coefficient (Wildman–Crippen LogP) is 9.31. The summed E-state index contributed by atoms with van der Waals surface area (Å²) in [5.74, 6) is -1.14. The van der Waals surface area contributed by atoms with Crippen LogP contribution in [0.1, 0.15) is 153 Å². The maximum atomic E-state index is 14.6. The van der Waals surface area contributed by atoms with Crippen LogP contribution < -0.4 is 5.32 Å². The molecule has 0 aliphatic heterocycles. The molecule has 53 heavy (non-hydrogen) atoms. The van der Waals surface area contributed by atoms with Crippen LogP contribution in [0.3, 0.4) is 0 Å². The van der Waals surface area contributed by atoms with Gasteiger partial charge >= 0.3 is 17.9 Å². The van der Waals surface area contributed by atoms with Crippen LogP contribution in [0.15, 0.2) is 12.2 Å². The summed E-state index contributed by atoms with van der Waals surface area (Å²) in [6.07, 6.45) is 10.8. The zero-order valence-corrected chi connectivity index (χ0v) is 34.8. The number of allylic oxidation sites excluding steroid dienone is 1. The molecule has 6 rings (SSSR count). The van der Waals surface area contributed by atoms with Crippen molar-refractivity contribution in [2.75, 3.05) is 0 Å². The molecule has 298 valence electrons. The van der Waals surface area contributed by atoms with Crippen molar-refractivity contribution in [1.29, 1.82) is 0 Å². The van der Waals surface area contributed by atoms with Gasteiger partial charge in [-0.2, -0.15) is 0 Å². The van der Waals surface area contributed by atoms with E-state index in [1.807, 2.05) is 34.6 Å². The Morgan fingerprint density at radius 3 is 2.02 bits per heavy atom. The molecule has 3 N–H and O–H groups in total. The summed E-state index contributed by atoms with van der Waals surface area (Å²) in [5, 5.41) is 22.9. The lowest BCUT2D eigenvalue weighted by Crippen LogP contribution is -2.68. The second kappa shape index (κ2) is 12.8. The number of aliphatic carboxylic acids is 2. The smallest absolute Gasteiger partial charge is 0.326 e. The van der Waals surface area contributed by atoms with E-state index >= 15 is 0 Å². The zero-order valence-electron chi connectivity index (χ0n) is 34.8. The highest BCUT2D eigenvalue weighted by Gasteiger charge is 2.72. The van der Waals surface area contributed by atoms with Crippen molar-refractivity contribution >= 4 is 23.8 Å². The van der Waals surface area contributed by atoms with Crippen molar-refractivity contribution in [3.63, 3.8) is 0 Å². The van der Waals surface area contributed by atoms with Gasteiger partial charge in [-0.25, -0.2) is 4.79 Å². The molecule has 1 amide bonds. The average Bonchev–Trinajstić information content (AvgIpc) is 3.38. The topological polar surface area (TPSA) is 130 Å². The summed E-state index contributed by atoms with van der Waals surface area (Å²) in [5.41, 5.74) is -0.627. The summed E-state index contributed by atoms with van der Waals surface area (Å²) < 4.78 is 6.41. The molecule has 0 aromatic carbocycles. The first-order valence-electron chi connectivity index (χ1n) is 20.9. The van der Waals surface area contributed by atoms with E-state index in [9.17, 15) is 29.4 Å². The summed E-state index contributed by atoms with van der Waals surface area (Å²) in [4.78, 5) is 52.4. The summed E-state index contributed by atoms with van der Waals surface area (Å²) in [7, 11) is 0. The number of carboxylic acid groups (broad SMARTS) is 2. The normalized spacial score (nSPS) is 44.4. The van der Waals surface area contributed by atoms with Gasteiger partial charge in [0.15, 0.2) is 0 Å². The monoisotopic (exact) mass is 738 g/mol. The number of carbonyl (C=O) groups is 4. The average molecular weight is 738 g/mol. The van der Waals surface area contributed by atoms with Crippen molar-refractivity contribution < 1.29 is 34.1 Å². The van der Waals surface area contributed by atoms with Crippen LogP contribution >= 0.6 is 0 Å². The Hall–Kier alpha value is -2.38. The predicted molar refractivity (Wildman–Crippen MR) is 206 cm³/mol. The largest absolute Gasteiger partial charge is 0.481 e. The van der Waals surface area contributed by atoms with Gasteiger partial charge in [0.1, 0.15) is 12.1 Å². The minimum absolute atomic E-state index is 0.0379. The molecule has 13 atom stereocenters. The molecule has 6 saturated carbocycles. The minimum Gasteiger partial charge on any atom is -0.481 e. The van der Waals surface area contributed by atoms with Gasteiger partial charge in [0.25, 0.3) is 0 Å². The SMILES string of the molecule is C=C(C)CC1CCC2(C(=O)NC(C(=O)O)C(C)(C)C)CCC3(C)C(CCC4C5(C)CCC(OC(=O)C6CC(C(=O)O)C6(C)C)C(C)(C)C5CCC43C)C12. The molecule has 0 heterocycles. The van der Waals surface area contributed by atoms with E-state index in [-0.39, 0.29) is 51.5 Å². The van der Waals surface area contributed by atoms with Gasteiger partial charge in [0.2, 0.25) is 5.91 Å². The first kappa shape index (κ1) is 40.3. The zero-order chi connectivity index (χ0) is 39.5. The minimum atomic E-state index is -0.972. The maximum absolute atomic E-state index is 14.6. The van der Waals surface area contributed by atoms with Crippen LogP contribution in [0.5, 0.6) is 0 Å². The fraction of sp³-hybridized carbons (Fsp3) is 0.867. The molecular weight excluding hydrogens is 666 g/mol. The number of hydrogen-bond donors (Lipinski definition) is 3. The van der Waals surface area contributed by atoms with E-state index in [1.165, 1.54) is 0 Å². The van der Waals surface area contributed by atoms with E-state index in [4.69, 9.17) is 4.74 Å². The van der Waals surface area contributed by atoms with E-state index in [1.54, 1.807) is 0 Å². The first-order valence-corrected chi connectivity index (χ1v) is 20.9. The van der Waals surface area contributed by atoms with Crippen LogP contribution in [-0.4, -0.2) is 46.2 Å². The number of esters is 1. The summed E-state index contributed by atoms with van der Waals surface area (Å²) >= 11 is 0. The Morgan fingerprint density at radius 1 is 0.792 bits per heavy atom. The molecule has 6 fully saturated rings. The van der Waals surface area contributed by atoms with E-state index in [0.29, 0.717) is 30.1 Å². The van der Waals surface area contributed by atoms with Gasteiger partial charge in [-0.15, -0.1) is 6.58 Å². The van der Waals surface area contributed by atoms with Crippen molar-refractivity contribution in [1.82, 2.24) is 5.32 Å². The summed E-state index contributed by atoms with van der Waals surface area (Å²) in [6.45, 7) is 28.2. The molecule has 0 aromatic heterocycles. The molecule has 6 aliphatic rings.